The largest absolute Gasteiger partial charge is 0.481 e. The summed E-state index contributed by atoms with van der Waals surface area (Å²) in [7, 11) is -9.88. The highest BCUT2D eigenvalue weighted by molar-refractivity contribution is 7.60. The summed E-state index contributed by atoms with van der Waals surface area (Å²) >= 11 is 0. The molecule has 1 unspecified atom stereocenters. The topological polar surface area (TPSA) is 113 Å². The number of allylic oxidation sites excluding steroid dienone is 2. The molecular formula is C20H36O7P2. The van der Waals surface area contributed by atoms with Gasteiger partial charge in [0.25, 0.3) is 0 Å². The third kappa shape index (κ3) is 6.61. The van der Waals surface area contributed by atoms with Crippen molar-refractivity contribution in [3.63, 3.8) is 0 Å². The standard InChI is InChI=1S/C20H36O7P2/c1-15(11-14-26-29(24,25)27-28(21,22)23)7-9-17-16(2)8-10-18-19(3,4)12-6-13-20(17,18)5/h11,17-18H,2,6-10,12-14H2,1,3-5H3,(H,24,25)(H2,21,22,23)/b15-11-/t17-,18-,20-/m1/s1. The lowest BCUT2D eigenvalue weighted by Gasteiger charge is -2.58. The summed E-state index contributed by atoms with van der Waals surface area (Å²) in [6, 6.07) is 0. The van der Waals surface area contributed by atoms with Crippen LogP contribution in [0.3, 0.4) is 0 Å². The zero-order chi connectivity index (χ0) is 22.1. The van der Waals surface area contributed by atoms with Gasteiger partial charge in [-0.15, -0.1) is 0 Å². The van der Waals surface area contributed by atoms with E-state index in [1.165, 1.54) is 31.3 Å². The van der Waals surface area contributed by atoms with Crippen LogP contribution in [0.2, 0.25) is 0 Å². The average molecular weight is 450 g/mol. The summed E-state index contributed by atoms with van der Waals surface area (Å²) in [5.41, 5.74) is 2.94. The molecule has 4 atom stereocenters. The van der Waals surface area contributed by atoms with Crippen LogP contribution in [0.15, 0.2) is 23.8 Å². The predicted molar refractivity (Wildman–Crippen MR) is 113 cm³/mol. The number of hydrogen-bond acceptors (Lipinski definition) is 4. The first-order valence-corrected chi connectivity index (χ1v) is 13.3. The molecule has 2 rings (SSSR count). The van der Waals surface area contributed by atoms with Gasteiger partial charge in [0, 0.05) is 0 Å². The van der Waals surface area contributed by atoms with Crippen molar-refractivity contribution in [2.45, 2.75) is 72.6 Å². The van der Waals surface area contributed by atoms with E-state index in [1.54, 1.807) is 6.08 Å². The molecule has 7 nitrogen and oxygen atoms in total. The van der Waals surface area contributed by atoms with Crippen LogP contribution in [0.25, 0.3) is 0 Å². The number of rotatable bonds is 8. The van der Waals surface area contributed by atoms with E-state index >= 15 is 0 Å². The van der Waals surface area contributed by atoms with Gasteiger partial charge in [-0.2, -0.15) is 4.31 Å². The van der Waals surface area contributed by atoms with Crippen LogP contribution >= 0.6 is 15.6 Å². The van der Waals surface area contributed by atoms with Gasteiger partial charge < -0.3 is 14.7 Å². The molecule has 168 valence electrons. The molecule has 3 N–H and O–H groups in total. The van der Waals surface area contributed by atoms with Crippen molar-refractivity contribution in [2.24, 2.45) is 22.7 Å². The van der Waals surface area contributed by atoms with E-state index < -0.39 is 15.6 Å². The third-order valence-corrected chi connectivity index (χ3v) is 9.18. The maximum absolute atomic E-state index is 11.5. The summed E-state index contributed by atoms with van der Waals surface area (Å²) in [6.07, 6.45) is 9.48. The molecule has 0 saturated heterocycles. The smallest absolute Gasteiger partial charge is 0.302 e. The summed E-state index contributed by atoms with van der Waals surface area (Å²) < 4.78 is 30.6. The van der Waals surface area contributed by atoms with E-state index in [0.717, 1.165) is 24.8 Å². The van der Waals surface area contributed by atoms with Gasteiger partial charge in [-0.25, -0.2) is 9.13 Å². The minimum atomic E-state index is -5.09. The zero-order valence-corrected chi connectivity index (χ0v) is 19.8. The van der Waals surface area contributed by atoms with Crippen LogP contribution < -0.4 is 0 Å². The lowest BCUT2D eigenvalue weighted by Crippen LogP contribution is -2.49. The van der Waals surface area contributed by atoms with Crippen LogP contribution in [-0.2, 0) is 18.0 Å². The molecule has 0 spiro atoms. The van der Waals surface area contributed by atoms with Gasteiger partial charge in [0.15, 0.2) is 0 Å². The van der Waals surface area contributed by atoms with Crippen molar-refractivity contribution in [1.82, 2.24) is 0 Å². The molecule has 0 aromatic carbocycles. The van der Waals surface area contributed by atoms with Crippen molar-refractivity contribution in [1.29, 1.82) is 0 Å². The predicted octanol–water partition coefficient (Wildman–Crippen LogP) is 5.74. The number of fused-ring (bicyclic) bond motifs is 1. The average Bonchev–Trinajstić information content (AvgIpc) is 2.50. The fourth-order valence-electron chi connectivity index (χ4n) is 5.71. The second-order valence-corrected chi connectivity index (χ2v) is 12.4. The van der Waals surface area contributed by atoms with E-state index in [9.17, 15) is 14.0 Å². The Bertz CT molecular complexity index is 739. The fourth-order valence-corrected chi connectivity index (χ4v) is 7.24. The lowest BCUT2D eigenvalue weighted by atomic mass is 9.47. The molecule has 2 aliphatic rings. The Morgan fingerprint density at radius 3 is 2.52 bits per heavy atom. The number of hydrogen-bond donors (Lipinski definition) is 3. The van der Waals surface area contributed by atoms with Crippen LogP contribution in [0.5, 0.6) is 0 Å². The van der Waals surface area contributed by atoms with E-state index in [2.05, 4.69) is 36.2 Å². The molecule has 29 heavy (non-hydrogen) atoms. The quantitative estimate of drug-likeness (QED) is 0.319. The van der Waals surface area contributed by atoms with E-state index in [0.29, 0.717) is 17.3 Å². The second-order valence-electron chi connectivity index (χ2n) is 9.58. The maximum atomic E-state index is 11.5. The molecule has 0 aromatic heterocycles. The minimum Gasteiger partial charge on any atom is -0.302 e. The molecule has 0 aliphatic heterocycles. The van der Waals surface area contributed by atoms with Gasteiger partial charge in [-0.05, 0) is 68.1 Å². The van der Waals surface area contributed by atoms with Gasteiger partial charge in [-0.3, -0.25) is 4.52 Å². The van der Waals surface area contributed by atoms with Gasteiger partial charge in [0.2, 0.25) is 0 Å². The Morgan fingerprint density at radius 2 is 1.90 bits per heavy atom. The normalized spacial score (nSPS) is 32.5. The first-order chi connectivity index (χ1) is 13.2. The van der Waals surface area contributed by atoms with Crippen molar-refractivity contribution in [3.05, 3.63) is 23.8 Å². The first kappa shape index (κ1) is 25.0. The highest BCUT2D eigenvalue weighted by atomic mass is 31.3. The Hall–Kier alpha value is -0.260. The Morgan fingerprint density at radius 1 is 1.24 bits per heavy atom. The SMILES string of the molecule is C=C1CC[C@@H]2C(C)(C)CCC[C@]2(C)[C@@H]1CC/C(C)=C\COP(=O)(O)OP(=O)(O)O. The Kier molecular flexibility index (Phi) is 7.83. The van der Waals surface area contributed by atoms with Crippen LogP contribution in [-0.4, -0.2) is 21.3 Å². The second kappa shape index (κ2) is 9.08. The highest BCUT2D eigenvalue weighted by Gasteiger charge is 2.52. The maximum Gasteiger partial charge on any atom is 0.481 e. The molecule has 9 heteroatoms. The number of phosphoric ester groups is 1. The minimum absolute atomic E-state index is 0.252. The first-order valence-electron chi connectivity index (χ1n) is 10.2. The highest BCUT2D eigenvalue weighted by Crippen LogP contribution is 2.62. The summed E-state index contributed by atoms with van der Waals surface area (Å²) in [6.45, 7) is 13.3. The summed E-state index contributed by atoms with van der Waals surface area (Å²) in [5, 5.41) is 0. The fraction of sp³-hybridized carbons (Fsp3) is 0.800. The third-order valence-electron chi connectivity index (χ3n) is 7.03. The van der Waals surface area contributed by atoms with E-state index in [-0.39, 0.29) is 12.0 Å². The monoisotopic (exact) mass is 450 g/mol. The van der Waals surface area contributed by atoms with Crippen LogP contribution in [0.1, 0.15) is 72.6 Å². The van der Waals surface area contributed by atoms with Gasteiger partial charge in [0.1, 0.15) is 0 Å². The van der Waals surface area contributed by atoms with Crippen molar-refractivity contribution in [2.75, 3.05) is 6.61 Å². The van der Waals surface area contributed by atoms with Gasteiger partial charge in [-0.1, -0.05) is 51.0 Å². The molecule has 0 radical (unpaired) electrons. The van der Waals surface area contributed by atoms with E-state index in [1.807, 2.05) is 6.92 Å². The zero-order valence-electron chi connectivity index (χ0n) is 18.0. The summed E-state index contributed by atoms with van der Waals surface area (Å²) in [4.78, 5) is 26.6. The molecule has 0 aromatic rings. The van der Waals surface area contributed by atoms with Crippen molar-refractivity contribution < 1.29 is 32.6 Å². The summed E-state index contributed by atoms with van der Waals surface area (Å²) in [5.74, 6) is 1.14. The van der Waals surface area contributed by atoms with Crippen LogP contribution in [0.4, 0.5) is 0 Å². The molecule has 0 amide bonds. The molecule has 2 aliphatic carbocycles. The Labute approximate surface area is 174 Å². The van der Waals surface area contributed by atoms with Crippen molar-refractivity contribution in [3.8, 4) is 0 Å². The molecule has 0 heterocycles. The lowest BCUT2D eigenvalue weighted by molar-refractivity contribution is -0.0539. The molecular weight excluding hydrogens is 414 g/mol. The van der Waals surface area contributed by atoms with E-state index in [4.69, 9.17) is 9.79 Å². The number of phosphoric acid groups is 2. The molecule has 2 saturated carbocycles. The van der Waals surface area contributed by atoms with Gasteiger partial charge in [0.05, 0.1) is 6.61 Å². The molecule has 0 bridgehead atoms. The van der Waals surface area contributed by atoms with Crippen LogP contribution in [0, 0.1) is 22.7 Å². The van der Waals surface area contributed by atoms with Crippen molar-refractivity contribution >= 4 is 15.6 Å². The molecule has 2 fully saturated rings. The Balaban J connectivity index is 1.97. The van der Waals surface area contributed by atoms with Gasteiger partial charge >= 0.3 is 15.6 Å².